The summed E-state index contributed by atoms with van der Waals surface area (Å²) in [5.74, 6) is 0. The first-order chi connectivity index (χ1) is 11.4. The monoisotopic (exact) mass is 328 g/mol. The molecule has 2 atom stereocenters. The lowest BCUT2D eigenvalue weighted by Crippen LogP contribution is -2.38. The summed E-state index contributed by atoms with van der Waals surface area (Å²) < 4.78 is 11.9. The standard InChI is InChI=1S/C19H40N2O2/c1-3-5-7-9-11-13-15-22-18-19(21-17-20-18)23-16-14-12-10-8-6-4-2/h18-21H,3-17H2,1-2H3. The minimum absolute atomic E-state index is 0.0192. The van der Waals surface area contributed by atoms with Gasteiger partial charge in [0, 0.05) is 19.9 Å². The second-order valence-corrected chi connectivity index (χ2v) is 6.70. The van der Waals surface area contributed by atoms with Crippen molar-refractivity contribution < 1.29 is 9.47 Å². The van der Waals surface area contributed by atoms with Crippen molar-refractivity contribution in [2.75, 3.05) is 19.9 Å². The molecule has 1 heterocycles. The maximum atomic E-state index is 5.93. The van der Waals surface area contributed by atoms with Gasteiger partial charge in [0.25, 0.3) is 0 Å². The van der Waals surface area contributed by atoms with E-state index in [0.717, 1.165) is 32.7 Å². The van der Waals surface area contributed by atoms with Gasteiger partial charge in [-0.2, -0.15) is 0 Å². The van der Waals surface area contributed by atoms with Crippen molar-refractivity contribution in [3.05, 3.63) is 0 Å². The number of hydrogen-bond donors (Lipinski definition) is 2. The van der Waals surface area contributed by atoms with E-state index in [-0.39, 0.29) is 12.5 Å². The van der Waals surface area contributed by atoms with Crippen molar-refractivity contribution in [1.29, 1.82) is 0 Å². The van der Waals surface area contributed by atoms with E-state index in [1.54, 1.807) is 0 Å². The fraction of sp³-hybridized carbons (Fsp3) is 1.00. The number of unbranched alkanes of at least 4 members (excludes halogenated alkanes) is 10. The Morgan fingerprint density at radius 1 is 0.609 bits per heavy atom. The van der Waals surface area contributed by atoms with Crippen molar-refractivity contribution in [3.63, 3.8) is 0 Å². The van der Waals surface area contributed by atoms with E-state index in [2.05, 4.69) is 24.5 Å². The topological polar surface area (TPSA) is 42.5 Å². The summed E-state index contributed by atoms with van der Waals surface area (Å²) >= 11 is 0. The van der Waals surface area contributed by atoms with Crippen LogP contribution in [0.5, 0.6) is 0 Å². The van der Waals surface area contributed by atoms with Crippen LogP contribution in [0, 0.1) is 0 Å². The average molecular weight is 329 g/mol. The highest BCUT2D eigenvalue weighted by Crippen LogP contribution is 2.10. The predicted molar refractivity (Wildman–Crippen MR) is 97.4 cm³/mol. The zero-order valence-corrected chi connectivity index (χ0v) is 15.6. The van der Waals surface area contributed by atoms with Crippen LogP contribution in [0.2, 0.25) is 0 Å². The lowest BCUT2D eigenvalue weighted by molar-refractivity contribution is -0.0740. The molecular weight excluding hydrogens is 288 g/mol. The lowest BCUT2D eigenvalue weighted by atomic mass is 10.1. The third-order valence-corrected chi connectivity index (χ3v) is 4.47. The van der Waals surface area contributed by atoms with Gasteiger partial charge in [-0.05, 0) is 12.8 Å². The molecule has 0 aromatic heterocycles. The Morgan fingerprint density at radius 3 is 1.43 bits per heavy atom. The molecule has 2 N–H and O–H groups in total. The Morgan fingerprint density at radius 2 is 1.00 bits per heavy atom. The fourth-order valence-corrected chi connectivity index (χ4v) is 2.95. The summed E-state index contributed by atoms with van der Waals surface area (Å²) in [7, 11) is 0. The second kappa shape index (κ2) is 15.4. The van der Waals surface area contributed by atoms with Crippen LogP contribution in [0.15, 0.2) is 0 Å². The fourth-order valence-electron chi connectivity index (χ4n) is 2.95. The highest BCUT2D eigenvalue weighted by Gasteiger charge is 2.27. The van der Waals surface area contributed by atoms with Crippen molar-refractivity contribution in [2.45, 2.75) is 103 Å². The molecule has 1 rings (SSSR count). The zero-order valence-electron chi connectivity index (χ0n) is 15.6. The molecule has 138 valence electrons. The van der Waals surface area contributed by atoms with Gasteiger partial charge >= 0.3 is 0 Å². The largest absolute Gasteiger partial charge is 0.359 e. The van der Waals surface area contributed by atoms with E-state index in [1.807, 2.05) is 0 Å². The van der Waals surface area contributed by atoms with Gasteiger partial charge in [0.15, 0.2) is 0 Å². The van der Waals surface area contributed by atoms with Gasteiger partial charge in [0.1, 0.15) is 12.5 Å². The van der Waals surface area contributed by atoms with Crippen LogP contribution in [-0.4, -0.2) is 32.3 Å². The first kappa shape index (κ1) is 20.9. The highest BCUT2D eigenvalue weighted by atomic mass is 16.6. The van der Waals surface area contributed by atoms with Crippen LogP contribution in [0.1, 0.15) is 90.9 Å². The third-order valence-electron chi connectivity index (χ3n) is 4.47. The smallest absolute Gasteiger partial charge is 0.149 e. The lowest BCUT2D eigenvalue weighted by Gasteiger charge is -2.20. The SMILES string of the molecule is CCCCCCCCOC1NCNC1OCCCCCCCC. The Kier molecular flexibility index (Phi) is 14.0. The van der Waals surface area contributed by atoms with Crippen LogP contribution < -0.4 is 10.6 Å². The maximum absolute atomic E-state index is 5.93. The Balaban J connectivity index is 1.94. The Labute approximate surface area is 144 Å². The molecule has 1 aliphatic heterocycles. The van der Waals surface area contributed by atoms with Gasteiger partial charge < -0.3 is 9.47 Å². The number of hydrogen-bond acceptors (Lipinski definition) is 4. The van der Waals surface area contributed by atoms with E-state index in [4.69, 9.17) is 9.47 Å². The molecule has 0 aliphatic carbocycles. The number of nitrogens with one attached hydrogen (secondary N) is 2. The summed E-state index contributed by atoms with van der Waals surface area (Å²) in [5.41, 5.74) is 0. The van der Waals surface area contributed by atoms with Crippen LogP contribution in [0.4, 0.5) is 0 Å². The van der Waals surface area contributed by atoms with E-state index in [9.17, 15) is 0 Å². The molecule has 4 heteroatoms. The van der Waals surface area contributed by atoms with E-state index < -0.39 is 0 Å². The van der Waals surface area contributed by atoms with E-state index in [0.29, 0.717) is 0 Å². The molecule has 0 aromatic rings. The normalized spacial score (nSPS) is 21.1. The summed E-state index contributed by atoms with van der Waals surface area (Å²) in [6.45, 7) is 6.97. The summed E-state index contributed by atoms with van der Waals surface area (Å²) in [6, 6.07) is 0. The first-order valence-corrected chi connectivity index (χ1v) is 10.1. The van der Waals surface area contributed by atoms with Crippen molar-refractivity contribution >= 4 is 0 Å². The molecule has 4 nitrogen and oxygen atoms in total. The third kappa shape index (κ3) is 11.1. The molecule has 1 aliphatic rings. The van der Waals surface area contributed by atoms with Crippen LogP contribution >= 0.6 is 0 Å². The Bertz CT molecular complexity index is 228. The summed E-state index contributed by atoms with van der Waals surface area (Å²) in [5, 5.41) is 6.66. The van der Waals surface area contributed by atoms with Crippen molar-refractivity contribution in [2.24, 2.45) is 0 Å². The Hall–Kier alpha value is -0.160. The van der Waals surface area contributed by atoms with Gasteiger partial charge in [-0.15, -0.1) is 0 Å². The molecule has 1 fully saturated rings. The van der Waals surface area contributed by atoms with Gasteiger partial charge in [-0.1, -0.05) is 78.1 Å². The average Bonchev–Trinajstić information content (AvgIpc) is 3.00. The molecule has 2 unspecified atom stereocenters. The van der Waals surface area contributed by atoms with Gasteiger partial charge in [-0.3, -0.25) is 10.6 Å². The second-order valence-electron chi connectivity index (χ2n) is 6.70. The maximum Gasteiger partial charge on any atom is 0.149 e. The van der Waals surface area contributed by atoms with Gasteiger partial charge in [0.05, 0.1) is 0 Å². The van der Waals surface area contributed by atoms with E-state index >= 15 is 0 Å². The number of ether oxygens (including phenoxy) is 2. The summed E-state index contributed by atoms with van der Waals surface area (Å²) in [6.07, 6.45) is 15.7. The zero-order chi connectivity index (χ0) is 16.6. The molecule has 0 amide bonds. The minimum atomic E-state index is 0.0192. The molecule has 0 radical (unpaired) electrons. The highest BCUT2D eigenvalue weighted by molar-refractivity contribution is 4.73. The first-order valence-electron chi connectivity index (χ1n) is 10.1. The van der Waals surface area contributed by atoms with Crippen LogP contribution in [0.3, 0.4) is 0 Å². The summed E-state index contributed by atoms with van der Waals surface area (Å²) in [4.78, 5) is 0. The molecule has 1 saturated heterocycles. The predicted octanol–water partition coefficient (Wildman–Crippen LogP) is 4.54. The molecule has 23 heavy (non-hydrogen) atoms. The van der Waals surface area contributed by atoms with Crippen LogP contribution in [-0.2, 0) is 9.47 Å². The van der Waals surface area contributed by atoms with Crippen molar-refractivity contribution in [1.82, 2.24) is 10.6 Å². The van der Waals surface area contributed by atoms with Gasteiger partial charge in [0.2, 0.25) is 0 Å². The minimum Gasteiger partial charge on any atom is -0.359 e. The van der Waals surface area contributed by atoms with E-state index in [1.165, 1.54) is 64.2 Å². The molecule has 0 aromatic carbocycles. The quantitative estimate of drug-likeness (QED) is 0.408. The number of rotatable bonds is 16. The molecule has 0 bridgehead atoms. The molecular formula is C19H40N2O2. The van der Waals surface area contributed by atoms with Crippen molar-refractivity contribution in [3.8, 4) is 0 Å². The molecule has 0 saturated carbocycles. The van der Waals surface area contributed by atoms with Gasteiger partial charge in [-0.25, -0.2) is 0 Å². The van der Waals surface area contributed by atoms with Crippen LogP contribution in [0.25, 0.3) is 0 Å². The molecule has 0 spiro atoms.